The second-order valence-corrected chi connectivity index (χ2v) is 5.51. The molecule has 0 unspecified atom stereocenters. The molecule has 0 amide bonds. The Balaban J connectivity index is 2.50. The Morgan fingerprint density at radius 3 is 2.44 bits per heavy atom. The lowest BCUT2D eigenvalue weighted by atomic mass is 10.3. The van der Waals surface area contributed by atoms with Crippen LogP contribution < -0.4 is 4.18 Å². The predicted octanol–water partition coefficient (Wildman–Crippen LogP) is 0.709. The molecule has 0 fully saturated rings. The summed E-state index contributed by atoms with van der Waals surface area (Å²) in [5.74, 6) is 0.234. The van der Waals surface area contributed by atoms with E-state index in [1.807, 2.05) is 11.8 Å². The average Bonchev–Trinajstić information content (AvgIpc) is 2.35. The van der Waals surface area contributed by atoms with Gasteiger partial charge in [0.2, 0.25) is 0 Å². The third kappa shape index (κ3) is 5.48. The molecular weight excluding hydrogens is 254 g/mol. The summed E-state index contributed by atoms with van der Waals surface area (Å²) in [6, 6.07) is 8.43. The normalized spacial score (nSPS) is 11.7. The Bertz CT molecular complexity index is 433. The van der Waals surface area contributed by atoms with E-state index in [2.05, 4.69) is 0 Å². The molecule has 102 valence electrons. The molecular formula is C12H19NO4S. The van der Waals surface area contributed by atoms with E-state index in [1.165, 1.54) is 0 Å². The lowest BCUT2D eigenvalue weighted by Crippen LogP contribution is -2.32. The van der Waals surface area contributed by atoms with Crippen molar-refractivity contribution in [2.24, 2.45) is 0 Å². The lowest BCUT2D eigenvalue weighted by Gasteiger charge is -2.18. The maximum Gasteiger partial charge on any atom is 0.310 e. The van der Waals surface area contributed by atoms with Gasteiger partial charge >= 0.3 is 10.1 Å². The quantitative estimate of drug-likeness (QED) is 0.707. The van der Waals surface area contributed by atoms with Crippen LogP contribution in [0.5, 0.6) is 5.75 Å². The smallest absolute Gasteiger partial charge is 0.310 e. The summed E-state index contributed by atoms with van der Waals surface area (Å²) in [4.78, 5) is 1.85. The molecule has 0 heterocycles. The molecule has 0 saturated heterocycles. The summed E-state index contributed by atoms with van der Waals surface area (Å²) in [6.07, 6.45) is 0. The first-order valence-corrected chi connectivity index (χ1v) is 7.45. The SMILES string of the molecule is CCN(CCO)CCS(=O)(=O)Oc1ccccc1. The van der Waals surface area contributed by atoms with Crippen LogP contribution in [0, 0.1) is 0 Å². The topological polar surface area (TPSA) is 66.8 Å². The molecule has 1 N–H and O–H groups in total. The van der Waals surface area contributed by atoms with Crippen LogP contribution >= 0.6 is 0 Å². The Kier molecular flexibility index (Phi) is 6.11. The van der Waals surface area contributed by atoms with Crippen molar-refractivity contribution in [1.82, 2.24) is 4.90 Å². The van der Waals surface area contributed by atoms with Gasteiger partial charge in [0, 0.05) is 13.1 Å². The molecule has 5 nitrogen and oxygen atoms in total. The van der Waals surface area contributed by atoms with Crippen LogP contribution in [0.4, 0.5) is 0 Å². The summed E-state index contributed by atoms with van der Waals surface area (Å²) >= 11 is 0. The van der Waals surface area contributed by atoms with Crippen LogP contribution in [0.15, 0.2) is 30.3 Å². The van der Waals surface area contributed by atoms with Crippen LogP contribution in [-0.2, 0) is 10.1 Å². The van der Waals surface area contributed by atoms with Crippen molar-refractivity contribution in [1.29, 1.82) is 0 Å². The van der Waals surface area contributed by atoms with E-state index in [4.69, 9.17) is 9.29 Å². The average molecular weight is 273 g/mol. The second-order valence-electron chi connectivity index (χ2n) is 3.82. The number of hydrogen-bond acceptors (Lipinski definition) is 5. The van der Waals surface area contributed by atoms with Crippen molar-refractivity contribution in [2.75, 3.05) is 32.0 Å². The van der Waals surface area contributed by atoms with Crippen molar-refractivity contribution in [3.05, 3.63) is 30.3 Å². The minimum absolute atomic E-state index is 0.0213. The fourth-order valence-electron chi connectivity index (χ4n) is 1.47. The van der Waals surface area contributed by atoms with E-state index < -0.39 is 10.1 Å². The molecule has 0 bridgehead atoms. The number of aliphatic hydroxyl groups is 1. The zero-order chi connectivity index (χ0) is 13.4. The van der Waals surface area contributed by atoms with Gasteiger partial charge in [-0.3, -0.25) is 0 Å². The molecule has 0 aliphatic rings. The number of hydrogen-bond donors (Lipinski definition) is 1. The third-order valence-electron chi connectivity index (χ3n) is 2.49. The Morgan fingerprint density at radius 1 is 1.22 bits per heavy atom. The zero-order valence-corrected chi connectivity index (χ0v) is 11.3. The van der Waals surface area contributed by atoms with E-state index in [0.29, 0.717) is 25.4 Å². The molecule has 18 heavy (non-hydrogen) atoms. The van der Waals surface area contributed by atoms with Crippen molar-refractivity contribution < 1.29 is 17.7 Å². The van der Waals surface area contributed by atoms with Gasteiger partial charge in [0.05, 0.1) is 12.4 Å². The molecule has 0 aliphatic heterocycles. The van der Waals surface area contributed by atoms with E-state index in [1.54, 1.807) is 30.3 Å². The van der Waals surface area contributed by atoms with Gasteiger partial charge < -0.3 is 14.2 Å². The monoisotopic (exact) mass is 273 g/mol. The lowest BCUT2D eigenvalue weighted by molar-refractivity contribution is 0.208. The Morgan fingerprint density at radius 2 is 1.89 bits per heavy atom. The van der Waals surface area contributed by atoms with Gasteiger partial charge in [-0.05, 0) is 18.7 Å². The standard InChI is InChI=1S/C12H19NO4S/c1-2-13(8-10-14)9-11-18(15,16)17-12-6-4-3-5-7-12/h3-7,14H,2,8-11H2,1H3. The highest BCUT2D eigenvalue weighted by Crippen LogP contribution is 2.11. The molecule has 0 saturated carbocycles. The van der Waals surface area contributed by atoms with Crippen LogP contribution in [0.25, 0.3) is 0 Å². The van der Waals surface area contributed by atoms with Crippen molar-refractivity contribution in [2.45, 2.75) is 6.92 Å². The van der Waals surface area contributed by atoms with Gasteiger partial charge in [0.25, 0.3) is 0 Å². The van der Waals surface area contributed by atoms with Crippen molar-refractivity contribution in [3.8, 4) is 5.75 Å². The van der Waals surface area contributed by atoms with E-state index in [9.17, 15) is 8.42 Å². The highest BCUT2D eigenvalue weighted by Gasteiger charge is 2.14. The number of para-hydroxylation sites is 1. The van der Waals surface area contributed by atoms with E-state index in [-0.39, 0.29) is 12.4 Å². The largest absolute Gasteiger partial charge is 0.395 e. The van der Waals surface area contributed by atoms with Gasteiger partial charge in [-0.1, -0.05) is 25.1 Å². The Hall–Kier alpha value is -1.11. The van der Waals surface area contributed by atoms with Crippen molar-refractivity contribution in [3.63, 3.8) is 0 Å². The maximum atomic E-state index is 11.7. The molecule has 1 aromatic carbocycles. The van der Waals surface area contributed by atoms with Crippen molar-refractivity contribution >= 4 is 10.1 Å². The number of likely N-dealkylation sites (N-methyl/N-ethyl adjacent to an activating group) is 1. The maximum absolute atomic E-state index is 11.7. The highest BCUT2D eigenvalue weighted by atomic mass is 32.2. The molecule has 0 aromatic heterocycles. The van der Waals surface area contributed by atoms with Crippen LogP contribution in [-0.4, -0.2) is 50.4 Å². The summed E-state index contributed by atoms with van der Waals surface area (Å²) in [7, 11) is -3.58. The van der Waals surface area contributed by atoms with E-state index >= 15 is 0 Å². The Labute approximate surface area is 108 Å². The third-order valence-corrected chi connectivity index (χ3v) is 3.62. The predicted molar refractivity (Wildman–Crippen MR) is 70.1 cm³/mol. The van der Waals surface area contributed by atoms with Crippen LogP contribution in [0.2, 0.25) is 0 Å². The number of aliphatic hydroxyl groups excluding tert-OH is 1. The molecule has 0 radical (unpaired) electrons. The van der Waals surface area contributed by atoms with Crippen LogP contribution in [0.3, 0.4) is 0 Å². The molecule has 1 rings (SSSR count). The second kappa shape index (κ2) is 7.35. The molecule has 6 heteroatoms. The fraction of sp³-hybridized carbons (Fsp3) is 0.500. The number of rotatable bonds is 8. The fourth-order valence-corrected chi connectivity index (χ4v) is 2.44. The number of nitrogens with zero attached hydrogens (tertiary/aromatic N) is 1. The first-order valence-electron chi connectivity index (χ1n) is 5.88. The first-order chi connectivity index (χ1) is 8.57. The summed E-state index contributed by atoms with van der Waals surface area (Å²) < 4.78 is 28.4. The summed E-state index contributed by atoms with van der Waals surface area (Å²) in [6.45, 7) is 3.46. The van der Waals surface area contributed by atoms with Gasteiger partial charge in [0.15, 0.2) is 0 Å². The van der Waals surface area contributed by atoms with Crippen LogP contribution in [0.1, 0.15) is 6.92 Å². The minimum atomic E-state index is -3.58. The molecule has 0 aliphatic carbocycles. The molecule has 1 aromatic rings. The molecule has 0 atom stereocenters. The van der Waals surface area contributed by atoms with E-state index in [0.717, 1.165) is 0 Å². The number of benzene rings is 1. The summed E-state index contributed by atoms with van der Waals surface area (Å²) in [5, 5.41) is 8.81. The highest BCUT2D eigenvalue weighted by molar-refractivity contribution is 7.87. The van der Waals surface area contributed by atoms with Gasteiger partial charge in [-0.25, -0.2) is 0 Å². The van der Waals surface area contributed by atoms with Gasteiger partial charge in [-0.15, -0.1) is 0 Å². The summed E-state index contributed by atoms with van der Waals surface area (Å²) in [5.41, 5.74) is 0. The van der Waals surface area contributed by atoms with Gasteiger partial charge in [-0.2, -0.15) is 8.42 Å². The van der Waals surface area contributed by atoms with Gasteiger partial charge in [0.1, 0.15) is 5.75 Å². The zero-order valence-electron chi connectivity index (χ0n) is 10.4. The first kappa shape index (κ1) is 14.9. The molecule has 0 spiro atoms. The minimum Gasteiger partial charge on any atom is -0.395 e.